The van der Waals surface area contributed by atoms with Gasteiger partial charge in [-0.15, -0.1) is 0 Å². The molecule has 0 fully saturated rings. The SMILES string of the molecule is Cc1ccc(C)c(C(=O)NNC(=O)C(=O)NC(C)C)c1. The summed E-state index contributed by atoms with van der Waals surface area (Å²) < 4.78 is 0. The number of nitrogens with one attached hydrogen (secondary N) is 3. The van der Waals surface area contributed by atoms with Gasteiger partial charge in [-0.25, -0.2) is 0 Å². The van der Waals surface area contributed by atoms with Crippen LogP contribution >= 0.6 is 0 Å². The predicted octanol–water partition coefficient (Wildman–Crippen LogP) is 0.589. The van der Waals surface area contributed by atoms with E-state index in [-0.39, 0.29) is 6.04 Å². The van der Waals surface area contributed by atoms with Gasteiger partial charge in [0.25, 0.3) is 5.91 Å². The molecule has 0 aliphatic heterocycles. The van der Waals surface area contributed by atoms with Crippen LogP contribution in [0.15, 0.2) is 18.2 Å². The molecule has 20 heavy (non-hydrogen) atoms. The largest absolute Gasteiger partial charge is 0.346 e. The second-order valence-corrected chi connectivity index (χ2v) is 4.85. The number of hydrogen-bond acceptors (Lipinski definition) is 3. The molecular formula is C14H19N3O3. The van der Waals surface area contributed by atoms with Gasteiger partial charge in [-0.05, 0) is 39.3 Å². The minimum atomic E-state index is -0.905. The van der Waals surface area contributed by atoms with E-state index in [4.69, 9.17) is 0 Å². The van der Waals surface area contributed by atoms with Gasteiger partial charge < -0.3 is 5.32 Å². The number of aryl methyl sites for hydroxylation is 2. The van der Waals surface area contributed by atoms with E-state index in [0.29, 0.717) is 5.56 Å². The van der Waals surface area contributed by atoms with Gasteiger partial charge in [0.2, 0.25) is 0 Å². The van der Waals surface area contributed by atoms with Crippen LogP contribution in [-0.4, -0.2) is 23.8 Å². The summed E-state index contributed by atoms with van der Waals surface area (Å²) >= 11 is 0. The van der Waals surface area contributed by atoms with Crippen molar-refractivity contribution in [3.8, 4) is 0 Å². The molecule has 1 rings (SSSR count). The van der Waals surface area contributed by atoms with Crippen molar-refractivity contribution in [3.05, 3.63) is 34.9 Å². The first-order valence-corrected chi connectivity index (χ1v) is 6.29. The Bertz CT molecular complexity index is 538. The van der Waals surface area contributed by atoms with Crippen molar-refractivity contribution in [2.24, 2.45) is 0 Å². The lowest BCUT2D eigenvalue weighted by Crippen LogP contribution is -2.49. The predicted molar refractivity (Wildman–Crippen MR) is 74.8 cm³/mol. The van der Waals surface area contributed by atoms with E-state index in [2.05, 4.69) is 16.2 Å². The summed E-state index contributed by atoms with van der Waals surface area (Å²) in [5.74, 6) is -2.16. The fraction of sp³-hybridized carbons (Fsp3) is 0.357. The van der Waals surface area contributed by atoms with Crippen LogP contribution in [0, 0.1) is 13.8 Å². The molecule has 0 unspecified atom stereocenters. The minimum absolute atomic E-state index is 0.150. The fourth-order valence-corrected chi connectivity index (χ4v) is 1.55. The van der Waals surface area contributed by atoms with E-state index in [9.17, 15) is 14.4 Å². The summed E-state index contributed by atoms with van der Waals surface area (Å²) in [4.78, 5) is 34.7. The number of carbonyl (C=O) groups excluding carboxylic acids is 3. The van der Waals surface area contributed by atoms with Gasteiger partial charge in [-0.2, -0.15) is 0 Å². The maximum atomic E-state index is 11.9. The Balaban J connectivity index is 2.61. The highest BCUT2D eigenvalue weighted by Gasteiger charge is 2.16. The summed E-state index contributed by atoms with van der Waals surface area (Å²) in [7, 11) is 0. The molecule has 0 heterocycles. The Morgan fingerprint density at radius 2 is 1.65 bits per heavy atom. The van der Waals surface area contributed by atoms with Crippen molar-refractivity contribution < 1.29 is 14.4 Å². The summed E-state index contributed by atoms with van der Waals surface area (Å²) in [6, 6.07) is 5.27. The zero-order chi connectivity index (χ0) is 15.3. The van der Waals surface area contributed by atoms with E-state index >= 15 is 0 Å². The van der Waals surface area contributed by atoms with Crippen LogP contribution < -0.4 is 16.2 Å². The molecule has 0 radical (unpaired) electrons. The van der Waals surface area contributed by atoms with Crippen molar-refractivity contribution in [1.29, 1.82) is 0 Å². The molecular weight excluding hydrogens is 258 g/mol. The van der Waals surface area contributed by atoms with Gasteiger partial charge in [0.15, 0.2) is 0 Å². The van der Waals surface area contributed by atoms with E-state index < -0.39 is 17.7 Å². The second-order valence-electron chi connectivity index (χ2n) is 4.85. The number of benzene rings is 1. The standard InChI is InChI=1S/C14H19N3O3/c1-8(2)15-13(19)14(20)17-16-12(18)11-7-9(3)5-6-10(11)4/h5-8H,1-4H3,(H,15,19)(H,16,18)(H,17,20). The van der Waals surface area contributed by atoms with E-state index in [1.807, 2.05) is 19.1 Å². The molecule has 0 atom stereocenters. The van der Waals surface area contributed by atoms with E-state index in [1.54, 1.807) is 26.8 Å². The highest BCUT2D eigenvalue weighted by atomic mass is 16.2. The Kier molecular flexibility index (Phi) is 5.25. The van der Waals surface area contributed by atoms with Gasteiger partial charge in [0.05, 0.1) is 0 Å². The topological polar surface area (TPSA) is 87.3 Å². The molecule has 3 amide bonds. The van der Waals surface area contributed by atoms with E-state index in [0.717, 1.165) is 11.1 Å². The number of rotatable bonds is 2. The molecule has 0 saturated carbocycles. The lowest BCUT2D eigenvalue weighted by atomic mass is 10.1. The first-order valence-electron chi connectivity index (χ1n) is 6.29. The molecule has 0 aromatic heterocycles. The minimum Gasteiger partial charge on any atom is -0.346 e. The molecule has 1 aromatic rings. The Labute approximate surface area is 117 Å². The third-order valence-electron chi connectivity index (χ3n) is 2.55. The van der Waals surface area contributed by atoms with Crippen LogP contribution in [0.25, 0.3) is 0 Å². The van der Waals surface area contributed by atoms with Crippen molar-refractivity contribution in [2.75, 3.05) is 0 Å². The summed E-state index contributed by atoms with van der Waals surface area (Å²) in [5, 5.41) is 2.42. The smallest absolute Gasteiger partial charge is 0.327 e. The van der Waals surface area contributed by atoms with Crippen molar-refractivity contribution >= 4 is 17.7 Å². The van der Waals surface area contributed by atoms with Crippen LogP contribution in [-0.2, 0) is 9.59 Å². The third-order valence-corrected chi connectivity index (χ3v) is 2.55. The number of hydrogen-bond donors (Lipinski definition) is 3. The van der Waals surface area contributed by atoms with Crippen molar-refractivity contribution in [2.45, 2.75) is 33.7 Å². The Morgan fingerprint density at radius 1 is 1.00 bits per heavy atom. The molecule has 0 saturated heterocycles. The summed E-state index contributed by atoms with van der Waals surface area (Å²) in [5.41, 5.74) is 6.48. The first-order chi connectivity index (χ1) is 9.31. The molecule has 1 aromatic carbocycles. The first kappa shape index (κ1) is 15.7. The second kappa shape index (κ2) is 6.70. The number of hydrazine groups is 1. The molecule has 108 valence electrons. The average Bonchev–Trinajstić information content (AvgIpc) is 2.37. The number of amides is 3. The monoisotopic (exact) mass is 277 g/mol. The van der Waals surface area contributed by atoms with Crippen LogP contribution in [0.5, 0.6) is 0 Å². The van der Waals surface area contributed by atoms with Crippen LogP contribution in [0.3, 0.4) is 0 Å². The fourth-order valence-electron chi connectivity index (χ4n) is 1.55. The van der Waals surface area contributed by atoms with Crippen molar-refractivity contribution in [1.82, 2.24) is 16.2 Å². The lowest BCUT2D eigenvalue weighted by Gasteiger charge is -2.11. The molecule has 0 aliphatic carbocycles. The maximum Gasteiger partial charge on any atom is 0.327 e. The highest BCUT2D eigenvalue weighted by Crippen LogP contribution is 2.09. The number of carbonyl (C=O) groups is 3. The van der Waals surface area contributed by atoms with Crippen LogP contribution in [0.4, 0.5) is 0 Å². The Morgan fingerprint density at radius 3 is 2.25 bits per heavy atom. The van der Waals surface area contributed by atoms with Gasteiger partial charge >= 0.3 is 11.8 Å². The maximum absolute atomic E-state index is 11.9. The van der Waals surface area contributed by atoms with Crippen LogP contribution in [0.2, 0.25) is 0 Å². The van der Waals surface area contributed by atoms with E-state index in [1.165, 1.54) is 0 Å². The molecule has 3 N–H and O–H groups in total. The Hall–Kier alpha value is -2.37. The molecule has 6 nitrogen and oxygen atoms in total. The summed E-state index contributed by atoms with van der Waals surface area (Å²) in [6.45, 7) is 7.13. The normalized spacial score (nSPS) is 10.1. The van der Waals surface area contributed by atoms with Crippen LogP contribution in [0.1, 0.15) is 35.3 Å². The molecule has 0 bridgehead atoms. The molecule has 6 heteroatoms. The van der Waals surface area contributed by atoms with Gasteiger partial charge in [-0.3, -0.25) is 25.2 Å². The summed E-state index contributed by atoms with van der Waals surface area (Å²) in [6.07, 6.45) is 0. The third kappa shape index (κ3) is 4.38. The van der Waals surface area contributed by atoms with Gasteiger partial charge in [0.1, 0.15) is 0 Å². The zero-order valence-electron chi connectivity index (χ0n) is 12.0. The average molecular weight is 277 g/mol. The van der Waals surface area contributed by atoms with Gasteiger partial charge in [-0.1, -0.05) is 17.7 Å². The van der Waals surface area contributed by atoms with Crippen molar-refractivity contribution in [3.63, 3.8) is 0 Å². The zero-order valence-corrected chi connectivity index (χ0v) is 12.0. The molecule has 0 aliphatic rings. The highest BCUT2D eigenvalue weighted by molar-refractivity contribution is 6.35. The van der Waals surface area contributed by atoms with Gasteiger partial charge in [0, 0.05) is 11.6 Å². The lowest BCUT2D eigenvalue weighted by molar-refractivity contribution is -0.139. The quantitative estimate of drug-likeness (QED) is 0.546. The molecule has 0 spiro atoms.